The van der Waals surface area contributed by atoms with Crippen LogP contribution >= 0.6 is 0 Å². The number of fused-ring (bicyclic) bond motifs is 1. The maximum absolute atomic E-state index is 4.74. The molecule has 3 heterocycles. The SMILES string of the molecule is CCN1CCCC(c2cn3ccccc3n2)C1. The van der Waals surface area contributed by atoms with Gasteiger partial charge in [0, 0.05) is 24.9 Å². The summed E-state index contributed by atoms with van der Waals surface area (Å²) < 4.78 is 2.13. The van der Waals surface area contributed by atoms with Crippen molar-refractivity contribution in [3.8, 4) is 0 Å². The lowest BCUT2D eigenvalue weighted by Crippen LogP contribution is -2.34. The van der Waals surface area contributed by atoms with Gasteiger partial charge in [0.15, 0.2) is 0 Å². The molecule has 1 aliphatic heterocycles. The third kappa shape index (κ3) is 2.07. The second-order valence-corrected chi connectivity index (χ2v) is 4.86. The Labute approximate surface area is 102 Å². The van der Waals surface area contributed by atoms with Gasteiger partial charge in [-0.15, -0.1) is 0 Å². The zero-order valence-electron chi connectivity index (χ0n) is 10.3. The van der Waals surface area contributed by atoms with Gasteiger partial charge in [0.25, 0.3) is 0 Å². The molecule has 3 nitrogen and oxygen atoms in total. The molecule has 1 unspecified atom stereocenters. The fraction of sp³-hybridized carbons (Fsp3) is 0.500. The lowest BCUT2D eigenvalue weighted by molar-refractivity contribution is 0.216. The maximum Gasteiger partial charge on any atom is 0.136 e. The quantitative estimate of drug-likeness (QED) is 0.789. The summed E-state index contributed by atoms with van der Waals surface area (Å²) in [4.78, 5) is 7.27. The maximum atomic E-state index is 4.74. The van der Waals surface area contributed by atoms with Gasteiger partial charge >= 0.3 is 0 Å². The van der Waals surface area contributed by atoms with Crippen LogP contribution in [0.2, 0.25) is 0 Å². The number of likely N-dealkylation sites (N-methyl/N-ethyl adjacent to an activating group) is 1. The first-order chi connectivity index (χ1) is 8.36. The Morgan fingerprint density at radius 1 is 1.41 bits per heavy atom. The summed E-state index contributed by atoms with van der Waals surface area (Å²) in [7, 11) is 0. The van der Waals surface area contributed by atoms with Gasteiger partial charge in [0.05, 0.1) is 5.69 Å². The minimum absolute atomic E-state index is 0.614. The molecule has 17 heavy (non-hydrogen) atoms. The Morgan fingerprint density at radius 2 is 2.35 bits per heavy atom. The molecule has 3 heteroatoms. The Bertz CT molecular complexity index is 470. The topological polar surface area (TPSA) is 20.5 Å². The van der Waals surface area contributed by atoms with Crippen LogP contribution in [0, 0.1) is 0 Å². The van der Waals surface area contributed by atoms with Gasteiger partial charge < -0.3 is 9.30 Å². The molecule has 0 aliphatic carbocycles. The largest absolute Gasteiger partial charge is 0.307 e. The molecule has 0 radical (unpaired) electrons. The summed E-state index contributed by atoms with van der Waals surface area (Å²) in [5, 5.41) is 0. The van der Waals surface area contributed by atoms with Crippen LogP contribution in [0.4, 0.5) is 0 Å². The molecule has 2 aromatic rings. The van der Waals surface area contributed by atoms with Crippen molar-refractivity contribution < 1.29 is 0 Å². The fourth-order valence-corrected chi connectivity index (χ4v) is 2.74. The third-order valence-electron chi connectivity index (χ3n) is 3.75. The van der Waals surface area contributed by atoms with Gasteiger partial charge in [-0.05, 0) is 38.1 Å². The smallest absolute Gasteiger partial charge is 0.136 e. The van der Waals surface area contributed by atoms with E-state index >= 15 is 0 Å². The molecule has 0 amide bonds. The van der Waals surface area contributed by atoms with Crippen LogP contribution in [0.25, 0.3) is 5.65 Å². The van der Waals surface area contributed by atoms with Crippen LogP contribution in [-0.4, -0.2) is 33.9 Å². The molecule has 2 aromatic heterocycles. The van der Waals surface area contributed by atoms with Crippen molar-refractivity contribution in [2.45, 2.75) is 25.7 Å². The predicted molar refractivity (Wildman–Crippen MR) is 69.3 cm³/mol. The first kappa shape index (κ1) is 10.8. The van der Waals surface area contributed by atoms with Gasteiger partial charge in [-0.1, -0.05) is 13.0 Å². The second kappa shape index (κ2) is 4.49. The van der Waals surface area contributed by atoms with Crippen LogP contribution in [0.15, 0.2) is 30.6 Å². The lowest BCUT2D eigenvalue weighted by Gasteiger charge is -2.30. The van der Waals surface area contributed by atoms with Crippen LogP contribution in [0.1, 0.15) is 31.4 Å². The van der Waals surface area contributed by atoms with E-state index in [1.165, 1.54) is 31.6 Å². The summed E-state index contributed by atoms with van der Waals surface area (Å²) in [6.45, 7) is 5.82. The first-order valence-corrected chi connectivity index (χ1v) is 6.53. The third-order valence-corrected chi connectivity index (χ3v) is 3.75. The molecule has 0 aromatic carbocycles. The number of nitrogens with zero attached hydrogens (tertiary/aromatic N) is 3. The number of hydrogen-bond donors (Lipinski definition) is 0. The molecule has 1 fully saturated rings. The monoisotopic (exact) mass is 229 g/mol. The summed E-state index contributed by atoms with van der Waals surface area (Å²) in [6, 6.07) is 6.17. The molecule has 0 bridgehead atoms. The van der Waals surface area contributed by atoms with Gasteiger partial charge in [0.2, 0.25) is 0 Å². The minimum atomic E-state index is 0.614. The molecule has 0 N–H and O–H groups in total. The Kier molecular flexibility index (Phi) is 2.85. The zero-order chi connectivity index (χ0) is 11.7. The van der Waals surface area contributed by atoms with E-state index in [0.717, 1.165) is 12.2 Å². The Balaban J connectivity index is 1.87. The van der Waals surface area contributed by atoms with E-state index in [1.807, 2.05) is 6.07 Å². The van der Waals surface area contributed by atoms with Crippen molar-refractivity contribution in [2.75, 3.05) is 19.6 Å². The summed E-state index contributed by atoms with van der Waals surface area (Å²) in [6.07, 6.45) is 6.85. The van der Waals surface area contributed by atoms with Gasteiger partial charge in [-0.25, -0.2) is 4.98 Å². The van der Waals surface area contributed by atoms with Gasteiger partial charge in [-0.3, -0.25) is 0 Å². The zero-order valence-corrected chi connectivity index (χ0v) is 10.3. The highest BCUT2D eigenvalue weighted by molar-refractivity contribution is 5.40. The minimum Gasteiger partial charge on any atom is -0.307 e. The Morgan fingerprint density at radius 3 is 3.18 bits per heavy atom. The summed E-state index contributed by atoms with van der Waals surface area (Å²) in [5.74, 6) is 0.614. The van der Waals surface area contributed by atoms with E-state index in [0.29, 0.717) is 5.92 Å². The molecule has 1 aliphatic rings. The number of imidazole rings is 1. The Hall–Kier alpha value is -1.35. The predicted octanol–water partition coefficient (Wildman–Crippen LogP) is 2.53. The summed E-state index contributed by atoms with van der Waals surface area (Å²) in [5.41, 5.74) is 2.32. The van der Waals surface area contributed by atoms with Gasteiger partial charge in [0.1, 0.15) is 5.65 Å². The molecule has 1 atom stereocenters. The summed E-state index contributed by atoms with van der Waals surface area (Å²) >= 11 is 0. The van der Waals surface area contributed by atoms with E-state index < -0.39 is 0 Å². The first-order valence-electron chi connectivity index (χ1n) is 6.53. The number of rotatable bonds is 2. The normalized spacial score (nSPS) is 22.1. The highest BCUT2D eigenvalue weighted by Crippen LogP contribution is 2.26. The number of piperidine rings is 1. The molecular weight excluding hydrogens is 210 g/mol. The molecule has 1 saturated heterocycles. The van der Waals surface area contributed by atoms with Crippen LogP contribution in [0.5, 0.6) is 0 Å². The van der Waals surface area contributed by atoms with Crippen LogP contribution < -0.4 is 0 Å². The molecule has 90 valence electrons. The van der Waals surface area contributed by atoms with E-state index in [-0.39, 0.29) is 0 Å². The van der Waals surface area contributed by atoms with Crippen LogP contribution in [0.3, 0.4) is 0 Å². The van der Waals surface area contributed by atoms with E-state index in [2.05, 4.69) is 40.8 Å². The van der Waals surface area contributed by atoms with Crippen molar-refractivity contribution in [1.82, 2.24) is 14.3 Å². The van der Waals surface area contributed by atoms with Crippen molar-refractivity contribution >= 4 is 5.65 Å². The van der Waals surface area contributed by atoms with E-state index in [4.69, 9.17) is 4.98 Å². The van der Waals surface area contributed by atoms with E-state index in [9.17, 15) is 0 Å². The highest BCUT2D eigenvalue weighted by Gasteiger charge is 2.22. The average molecular weight is 229 g/mol. The number of aromatic nitrogens is 2. The molecular formula is C14H19N3. The number of pyridine rings is 1. The van der Waals surface area contributed by atoms with E-state index in [1.54, 1.807) is 0 Å². The highest BCUT2D eigenvalue weighted by atomic mass is 15.1. The molecule has 0 saturated carbocycles. The lowest BCUT2D eigenvalue weighted by atomic mass is 9.95. The second-order valence-electron chi connectivity index (χ2n) is 4.86. The number of hydrogen-bond acceptors (Lipinski definition) is 2. The molecule has 0 spiro atoms. The molecule has 3 rings (SSSR count). The van der Waals surface area contributed by atoms with Crippen molar-refractivity contribution in [3.05, 3.63) is 36.3 Å². The number of likely N-dealkylation sites (tertiary alicyclic amines) is 1. The average Bonchev–Trinajstić information content (AvgIpc) is 2.82. The standard InChI is InChI=1S/C14H19N3/c1-2-16-8-5-6-12(10-16)13-11-17-9-4-3-7-14(17)15-13/h3-4,7,9,11-12H,2,5-6,8,10H2,1H3. The van der Waals surface area contributed by atoms with Crippen molar-refractivity contribution in [1.29, 1.82) is 0 Å². The van der Waals surface area contributed by atoms with Crippen LogP contribution in [-0.2, 0) is 0 Å². The van der Waals surface area contributed by atoms with Crippen molar-refractivity contribution in [2.24, 2.45) is 0 Å². The van der Waals surface area contributed by atoms with Gasteiger partial charge in [-0.2, -0.15) is 0 Å². The fourth-order valence-electron chi connectivity index (χ4n) is 2.74. The van der Waals surface area contributed by atoms with Crippen molar-refractivity contribution in [3.63, 3.8) is 0 Å².